The summed E-state index contributed by atoms with van der Waals surface area (Å²) in [5.74, 6) is -8.16. The Kier molecular flexibility index (Phi) is 39.8. The van der Waals surface area contributed by atoms with E-state index in [4.69, 9.17) is 13.3 Å². The first kappa shape index (κ1) is 119. The summed E-state index contributed by atoms with van der Waals surface area (Å²) in [5.41, 5.74) is -3.08. The van der Waals surface area contributed by atoms with Gasteiger partial charge in [-0.15, -0.1) is 0 Å². The maximum atomic E-state index is 15.9. The molecule has 0 amide bonds. The normalized spacial score (nSPS) is 14.8. The molecule has 0 heterocycles. The van der Waals surface area contributed by atoms with Gasteiger partial charge >= 0.3 is 37.6 Å². The van der Waals surface area contributed by atoms with Crippen LogP contribution in [-0.4, -0.2) is 89.4 Å². The number of nitrogens with one attached hydrogen (secondary N) is 3. The van der Waals surface area contributed by atoms with Gasteiger partial charge in [0.05, 0.1) is 63.8 Å². The standard InChI is InChI=1S/3C32H39F6NO3SSi.3CH4/c3*1-29(2,3)43(40)39-31(20-21-12-10-9-11-13-21,23-16-24(33)19-25(17-23)41-32(37,38)28(35)36)22-14-15-27(26(34)18-22)42-44(7,8)30(4,5)6;;;/h3*9-19,28,39H,20H2,1-8H3;3*1H4/t31?,43-;31-,43+;31-,43-;;;/m101.../s1. The molecule has 3 N–H and O–H groups in total. The fourth-order valence-corrected chi connectivity index (χ4v) is 18.1. The van der Waals surface area contributed by atoms with E-state index >= 15 is 26.3 Å². The second kappa shape index (κ2) is 45.2. The van der Waals surface area contributed by atoms with Crippen LogP contribution in [-0.2, 0) is 68.8 Å². The van der Waals surface area contributed by atoms with Crippen molar-refractivity contribution in [3.63, 3.8) is 0 Å². The van der Waals surface area contributed by atoms with Crippen LogP contribution in [0.2, 0.25) is 54.4 Å². The zero-order chi connectivity index (χ0) is 99.9. The van der Waals surface area contributed by atoms with E-state index in [0.29, 0.717) is 34.9 Å². The predicted octanol–water partition coefficient (Wildman–Crippen LogP) is 29.3. The molecule has 9 aromatic rings. The fourth-order valence-electron chi connectivity index (χ4n) is 12.3. The lowest BCUT2D eigenvalue weighted by atomic mass is 9.78. The van der Waals surface area contributed by atoms with E-state index in [1.807, 2.05) is 102 Å². The third-order valence-electron chi connectivity index (χ3n) is 22.8. The van der Waals surface area contributed by atoms with Gasteiger partial charge in [-0.3, -0.25) is 0 Å². The van der Waals surface area contributed by atoms with Crippen molar-refractivity contribution in [2.75, 3.05) is 0 Å². The molecular weight excluding hydrogens is 1900 g/mol. The molecule has 135 heavy (non-hydrogen) atoms. The fraction of sp³-hybridized carbons (Fsp3) is 0.455. The minimum atomic E-state index is -4.91. The second-order valence-electron chi connectivity index (χ2n) is 39.6. The van der Waals surface area contributed by atoms with E-state index in [0.717, 1.165) is 54.6 Å². The minimum absolute atomic E-state index is 0. The Hall–Kier alpha value is -8.50. The molecule has 6 atom stereocenters. The first-order chi connectivity index (χ1) is 60.2. The zero-order valence-corrected chi connectivity index (χ0v) is 83.6. The molecule has 0 aliphatic rings. The second-order valence-corrected chi connectivity index (χ2v) is 59.7. The molecule has 0 bridgehead atoms. The van der Waals surface area contributed by atoms with Crippen molar-refractivity contribution >= 4 is 57.9 Å². The van der Waals surface area contributed by atoms with Gasteiger partial charge in [-0.1, -0.05) is 194 Å². The van der Waals surface area contributed by atoms with Gasteiger partial charge in [0, 0.05) is 18.2 Å². The Balaban J connectivity index is 0.000000419. The molecule has 0 radical (unpaired) electrons. The van der Waals surface area contributed by atoms with E-state index in [-0.39, 0.29) is 107 Å². The molecular formula is C99H129F18N3O9S3Si3. The van der Waals surface area contributed by atoms with Crippen molar-refractivity contribution in [3.05, 3.63) is 285 Å². The van der Waals surface area contributed by atoms with Crippen LogP contribution < -0.4 is 41.7 Å². The van der Waals surface area contributed by atoms with Crippen LogP contribution in [0.5, 0.6) is 34.5 Å². The number of alkyl halides is 12. The molecule has 12 nitrogen and oxygen atoms in total. The van der Waals surface area contributed by atoms with Crippen molar-refractivity contribution in [3.8, 4) is 34.5 Å². The van der Waals surface area contributed by atoms with Crippen molar-refractivity contribution in [2.24, 2.45) is 0 Å². The van der Waals surface area contributed by atoms with Gasteiger partial charge in [0.15, 0.2) is 17.5 Å². The summed E-state index contributed by atoms with van der Waals surface area (Å²) in [6, 6.07) is 46.0. The molecule has 1 unspecified atom stereocenters. The maximum absolute atomic E-state index is 15.9. The van der Waals surface area contributed by atoms with Gasteiger partial charge in [0.1, 0.15) is 51.9 Å². The van der Waals surface area contributed by atoms with E-state index in [1.54, 1.807) is 153 Å². The largest absolute Gasteiger partial charge is 0.542 e. The number of hydrogen-bond donors (Lipinski definition) is 3. The Morgan fingerprint density at radius 1 is 0.289 bits per heavy atom. The van der Waals surface area contributed by atoms with E-state index < -0.39 is 179 Å². The van der Waals surface area contributed by atoms with Gasteiger partial charge < -0.3 is 27.5 Å². The minimum Gasteiger partial charge on any atom is -0.542 e. The van der Waals surface area contributed by atoms with Crippen LogP contribution in [0.15, 0.2) is 200 Å². The predicted molar refractivity (Wildman–Crippen MR) is 513 cm³/mol. The molecule has 0 saturated heterocycles. The monoisotopic (exact) mass is 2030 g/mol. The van der Waals surface area contributed by atoms with E-state index in [1.165, 1.54) is 36.4 Å². The summed E-state index contributed by atoms with van der Waals surface area (Å²) < 4.78 is 333. The Bertz CT molecular complexity index is 4960. The van der Waals surface area contributed by atoms with Crippen LogP contribution in [0, 0.1) is 34.9 Å². The number of ether oxygens (including phenoxy) is 3. The summed E-state index contributed by atoms with van der Waals surface area (Å²) in [5, 5.41) is -0.713. The molecule has 0 aromatic heterocycles. The van der Waals surface area contributed by atoms with Crippen LogP contribution in [0.4, 0.5) is 79.0 Å². The van der Waals surface area contributed by atoms with Crippen LogP contribution >= 0.6 is 0 Å². The Morgan fingerprint density at radius 3 is 0.659 bits per heavy atom. The summed E-state index contributed by atoms with van der Waals surface area (Å²) in [6.45, 7) is 44.9. The Labute approximate surface area is 795 Å². The summed E-state index contributed by atoms with van der Waals surface area (Å²) in [6.07, 6.45) is -27.5. The first-order valence-corrected chi connectivity index (χ1v) is 54.1. The molecule has 9 aromatic carbocycles. The average molecular weight is 2030 g/mol. The van der Waals surface area contributed by atoms with Gasteiger partial charge in [-0.25, -0.2) is 53.1 Å². The van der Waals surface area contributed by atoms with Crippen LogP contribution in [0.25, 0.3) is 0 Å². The van der Waals surface area contributed by atoms with Gasteiger partial charge in [-0.05, 0) is 259 Å². The topological polar surface area (TPSA) is 143 Å². The molecule has 750 valence electrons. The highest BCUT2D eigenvalue weighted by Crippen LogP contribution is 2.48. The number of halogens is 18. The van der Waals surface area contributed by atoms with Gasteiger partial charge in [-0.2, -0.15) is 52.7 Å². The van der Waals surface area contributed by atoms with Crippen molar-refractivity contribution in [2.45, 2.75) is 289 Å². The molecule has 0 aliphatic carbocycles. The maximum Gasteiger partial charge on any atom is 0.461 e. The number of rotatable bonds is 33. The van der Waals surface area contributed by atoms with Crippen LogP contribution in [0.1, 0.15) is 197 Å². The van der Waals surface area contributed by atoms with E-state index in [9.17, 15) is 65.3 Å². The molecule has 0 fully saturated rings. The van der Waals surface area contributed by atoms with Gasteiger partial charge in [0.2, 0.25) is 0 Å². The van der Waals surface area contributed by atoms with Crippen molar-refractivity contribution in [1.82, 2.24) is 14.2 Å². The third-order valence-corrected chi connectivity index (χ3v) is 40.8. The quantitative estimate of drug-likeness (QED) is 0.0271. The lowest BCUT2D eigenvalue weighted by Gasteiger charge is -2.39. The third kappa shape index (κ3) is 30.7. The van der Waals surface area contributed by atoms with Crippen molar-refractivity contribution < 1.29 is 119 Å². The highest BCUT2D eigenvalue weighted by molar-refractivity contribution is 7.85. The molecule has 0 aliphatic heterocycles. The summed E-state index contributed by atoms with van der Waals surface area (Å²) in [7, 11) is -13.1. The smallest absolute Gasteiger partial charge is 0.461 e. The SMILES string of the molecule is C.C.C.CC(C)(C)[S@@](=O)NC(Cc1ccccc1)(c1cc(F)cc(OC(F)(F)C(F)F)c1)c1ccc(O[Si](C)(C)C(C)(C)C)c(F)c1.CC(C)(C)[S@@](=O)N[C@@](Cc1ccccc1)(c1cc(F)cc(OC(F)(F)C(F)F)c1)c1ccc(O[Si](C)(C)C(C)(C)C)c(F)c1.CC(C)(C)[S@@](=O)N[C@](Cc1ccccc1)(c1cc(F)cc(OC(F)(F)C(F)F)c1)c1ccc(O[Si](C)(C)C(C)(C)C)c(F)c1. The van der Waals surface area contributed by atoms with E-state index in [2.05, 4.69) is 28.4 Å². The lowest BCUT2D eigenvalue weighted by molar-refractivity contribution is -0.253. The number of benzene rings is 9. The van der Waals surface area contributed by atoms with Crippen LogP contribution in [0.3, 0.4) is 0 Å². The first-order valence-electron chi connectivity index (χ1n) is 41.9. The molecule has 0 saturated carbocycles. The molecule has 36 heteroatoms. The summed E-state index contributed by atoms with van der Waals surface area (Å²) in [4.78, 5) is 0. The van der Waals surface area contributed by atoms with Gasteiger partial charge in [0.25, 0.3) is 25.0 Å². The molecule has 0 spiro atoms. The zero-order valence-electron chi connectivity index (χ0n) is 78.1. The van der Waals surface area contributed by atoms with Crippen molar-refractivity contribution in [1.29, 1.82) is 0 Å². The highest BCUT2D eigenvalue weighted by Gasteiger charge is 2.51. The average Bonchev–Trinajstić information content (AvgIpc) is 0.754. The highest BCUT2D eigenvalue weighted by atomic mass is 32.2. The Morgan fingerprint density at radius 2 is 0.489 bits per heavy atom. The summed E-state index contributed by atoms with van der Waals surface area (Å²) >= 11 is 0. The lowest BCUT2D eigenvalue weighted by Crippen LogP contribution is -2.50. The number of hydrogen-bond acceptors (Lipinski definition) is 9. The molecule has 9 rings (SSSR count).